The topological polar surface area (TPSA) is 86.3 Å². The normalized spacial score (nSPS) is 14.9. The van der Waals surface area contributed by atoms with E-state index in [-0.39, 0.29) is 11.5 Å². The van der Waals surface area contributed by atoms with Gasteiger partial charge in [0.05, 0.1) is 35.0 Å². The number of hydrogen-bond acceptors (Lipinski definition) is 7. The van der Waals surface area contributed by atoms with E-state index in [0.29, 0.717) is 77.9 Å². The van der Waals surface area contributed by atoms with E-state index in [1.807, 2.05) is 13.8 Å². The van der Waals surface area contributed by atoms with Crippen LogP contribution in [0.5, 0.6) is 11.5 Å². The van der Waals surface area contributed by atoms with E-state index < -0.39 is 6.04 Å². The molecule has 1 aliphatic heterocycles. The van der Waals surface area contributed by atoms with Crippen molar-refractivity contribution in [1.82, 2.24) is 9.47 Å². The van der Waals surface area contributed by atoms with Gasteiger partial charge in [0.1, 0.15) is 29.1 Å². The van der Waals surface area contributed by atoms with Crippen molar-refractivity contribution in [1.29, 1.82) is 0 Å². The summed E-state index contributed by atoms with van der Waals surface area (Å²) in [6.45, 7) is 6.65. The first-order valence-electron chi connectivity index (χ1n) is 13.3. The van der Waals surface area contributed by atoms with Crippen LogP contribution in [0.15, 0.2) is 74.0 Å². The van der Waals surface area contributed by atoms with Crippen molar-refractivity contribution < 1.29 is 18.7 Å². The minimum absolute atomic E-state index is 0.195. The third kappa shape index (κ3) is 5.40. The molecule has 0 saturated heterocycles. The highest BCUT2D eigenvalue weighted by Gasteiger charge is 2.36. The number of hydrogen-bond donors (Lipinski definition) is 0. The smallest absolute Gasteiger partial charge is 0.271 e. The average molecular weight is 627 g/mol. The summed E-state index contributed by atoms with van der Waals surface area (Å²) >= 11 is 13.7. The Morgan fingerprint density at radius 2 is 1.86 bits per heavy atom. The minimum atomic E-state index is -0.793. The van der Waals surface area contributed by atoms with Crippen molar-refractivity contribution in [3.63, 3.8) is 0 Å². The molecule has 0 fully saturated rings. The Morgan fingerprint density at radius 3 is 2.55 bits per heavy atom. The third-order valence-corrected chi connectivity index (χ3v) is 8.68. The molecule has 5 rings (SSSR count). The average Bonchev–Trinajstić information content (AvgIpc) is 3.57. The predicted octanol–water partition coefficient (Wildman–Crippen LogP) is 5.69. The number of ether oxygens (including phenoxy) is 2. The number of halogens is 2. The van der Waals surface area contributed by atoms with E-state index in [2.05, 4.69) is 0 Å². The molecule has 8 nitrogen and oxygen atoms in total. The molecule has 1 atom stereocenters. The number of carbonyl (C=O) groups excluding carboxylic acids is 1. The van der Waals surface area contributed by atoms with Crippen molar-refractivity contribution in [2.45, 2.75) is 26.8 Å². The molecule has 0 saturated carbocycles. The largest absolute Gasteiger partial charge is 0.497 e. The molecular formula is C31H29Cl2N3O5S. The number of furan rings is 1. The van der Waals surface area contributed by atoms with Gasteiger partial charge in [-0.05, 0) is 69.3 Å². The van der Waals surface area contributed by atoms with E-state index in [1.54, 1.807) is 85.2 Å². The second kappa shape index (κ2) is 12.2. The molecular weight excluding hydrogens is 597 g/mol. The molecule has 0 bridgehead atoms. The SMILES string of the molecule is CCN(CC)C(=O)C1=C(C)N=c2s/c(=C/c3ccc(-c4cc(Cl)ccc4Cl)o3)c(=O)n2[C@H]1c1cc(OC)ccc1OC. The maximum Gasteiger partial charge on any atom is 0.271 e. The molecule has 218 valence electrons. The fourth-order valence-corrected chi connectivity index (χ4v) is 6.42. The van der Waals surface area contributed by atoms with Crippen LogP contribution in [0, 0.1) is 0 Å². The number of amides is 1. The first-order valence-corrected chi connectivity index (χ1v) is 14.9. The summed E-state index contributed by atoms with van der Waals surface area (Å²) in [5.74, 6) is 1.86. The van der Waals surface area contributed by atoms with E-state index in [1.165, 1.54) is 11.3 Å². The van der Waals surface area contributed by atoms with Gasteiger partial charge in [-0.15, -0.1) is 0 Å². The molecule has 1 amide bonds. The van der Waals surface area contributed by atoms with Crippen LogP contribution in [0.2, 0.25) is 10.0 Å². The summed E-state index contributed by atoms with van der Waals surface area (Å²) in [5, 5.41) is 1.02. The first kappa shape index (κ1) is 29.7. The van der Waals surface area contributed by atoms with Crippen molar-refractivity contribution in [2.24, 2.45) is 4.99 Å². The van der Waals surface area contributed by atoms with Gasteiger partial charge in [-0.1, -0.05) is 34.5 Å². The quantitative estimate of drug-likeness (QED) is 0.251. The monoisotopic (exact) mass is 625 g/mol. The maximum atomic E-state index is 14.1. The number of nitrogens with zero attached hydrogens (tertiary/aromatic N) is 3. The molecule has 0 N–H and O–H groups in total. The van der Waals surface area contributed by atoms with Crippen LogP contribution >= 0.6 is 34.5 Å². The molecule has 0 unspecified atom stereocenters. The molecule has 3 heterocycles. The van der Waals surface area contributed by atoms with E-state index >= 15 is 0 Å². The standard InChI is InChI=1S/C31H29Cl2N3O5S/c1-6-35(7-2)30(38)27-17(3)34-31-36(28(27)22-15-19(39-4)9-12-24(22)40-5)29(37)26(42-31)16-20-10-13-25(41-20)21-14-18(32)8-11-23(21)33/h8-16,28H,6-7H2,1-5H3/b26-16+/t28-/m0/s1. The number of rotatable bonds is 8. The summed E-state index contributed by atoms with van der Waals surface area (Å²) in [5.41, 5.74) is 1.88. The molecule has 0 aliphatic carbocycles. The Labute approximate surface area is 256 Å². The fraction of sp³-hybridized carbons (Fsp3) is 0.258. The zero-order valence-corrected chi connectivity index (χ0v) is 26.1. The molecule has 11 heteroatoms. The highest BCUT2D eigenvalue weighted by atomic mass is 35.5. The number of thiazole rings is 1. The van der Waals surface area contributed by atoms with Crippen molar-refractivity contribution in [2.75, 3.05) is 27.3 Å². The summed E-state index contributed by atoms with van der Waals surface area (Å²) in [4.78, 5) is 34.9. The fourth-order valence-electron chi connectivity index (χ4n) is 5.01. The van der Waals surface area contributed by atoms with Gasteiger partial charge in [-0.2, -0.15) is 0 Å². The Hall–Kier alpha value is -3.79. The van der Waals surface area contributed by atoms with Crippen molar-refractivity contribution >= 4 is 46.5 Å². The van der Waals surface area contributed by atoms with Crippen molar-refractivity contribution in [3.8, 4) is 22.8 Å². The molecule has 2 aromatic heterocycles. The van der Waals surface area contributed by atoms with E-state index in [0.717, 1.165) is 0 Å². The zero-order chi connectivity index (χ0) is 30.1. The van der Waals surface area contributed by atoms with Crippen LogP contribution in [0.25, 0.3) is 17.4 Å². The highest BCUT2D eigenvalue weighted by Crippen LogP contribution is 2.38. The lowest BCUT2D eigenvalue weighted by atomic mass is 9.93. The number of methoxy groups -OCH3 is 2. The van der Waals surface area contributed by atoms with E-state index in [9.17, 15) is 9.59 Å². The van der Waals surface area contributed by atoms with Gasteiger partial charge in [0.25, 0.3) is 11.5 Å². The second-order valence-electron chi connectivity index (χ2n) is 9.49. The molecule has 42 heavy (non-hydrogen) atoms. The van der Waals surface area contributed by atoms with Gasteiger partial charge < -0.3 is 18.8 Å². The number of aromatic nitrogens is 1. The Balaban J connectivity index is 1.71. The summed E-state index contributed by atoms with van der Waals surface area (Å²) < 4.78 is 19.2. The van der Waals surface area contributed by atoms with Crippen LogP contribution in [0.1, 0.15) is 38.1 Å². The van der Waals surface area contributed by atoms with E-state index in [4.69, 9.17) is 42.1 Å². The molecule has 1 aliphatic rings. The second-order valence-corrected chi connectivity index (χ2v) is 11.3. The van der Waals surface area contributed by atoms with Gasteiger partial charge in [0.15, 0.2) is 4.80 Å². The third-order valence-electron chi connectivity index (χ3n) is 7.13. The molecule has 4 aromatic rings. The lowest BCUT2D eigenvalue weighted by molar-refractivity contribution is -0.127. The Kier molecular flexibility index (Phi) is 8.63. The lowest BCUT2D eigenvalue weighted by Gasteiger charge is -2.30. The predicted molar refractivity (Wildman–Crippen MR) is 165 cm³/mol. The Morgan fingerprint density at radius 1 is 1.10 bits per heavy atom. The maximum absolute atomic E-state index is 14.1. The van der Waals surface area contributed by atoms with Crippen LogP contribution in [0.3, 0.4) is 0 Å². The zero-order valence-electron chi connectivity index (χ0n) is 23.7. The highest BCUT2D eigenvalue weighted by molar-refractivity contribution is 7.07. The lowest BCUT2D eigenvalue weighted by Crippen LogP contribution is -2.43. The number of likely N-dealkylation sites (N-methyl/N-ethyl adjacent to an activating group) is 1. The minimum Gasteiger partial charge on any atom is -0.497 e. The van der Waals surface area contributed by atoms with Gasteiger partial charge in [0.2, 0.25) is 0 Å². The number of allylic oxidation sites excluding steroid dienone is 1. The number of carbonyl (C=O) groups is 1. The van der Waals surface area contributed by atoms with Crippen LogP contribution in [-0.4, -0.2) is 42.7 Å². The van der Waals surface area contributed by atoms with Crippen LogP contribution in [-0.2, 0) is 4.79 Å². The van der Waals surface area contributed by atoms with Crippen LogP contribution in [0.4, 0.5) is 0 Å². The van der Waals surface area contributed by atoms with Gasteiger partial charge in [0, 0.05) is 35.3 Å². The van der Waals surface area contributed by atoms with Gasteiger partial charge >= 0.3 is 0 Å². The van der Waals surface area contributed by atoms with Gasteiger partial charge in [-0.25, -0.2) is 4.99 Å². The first-order chi connectivity index (χ1) is 20.2. The molecule has 2 aromatic carbocycles. The number of fused-ring (bicyclic) bond motifs is 1. The molecule has 0 radical (unpaired) electrons. The van der Waals surface area contributed by atoms with Gasteiger partial charge in [-0.3, -0.25) is 14.2 Å². The summed E-state index contributed by atoms with van der Waals surface area (Å²) in [6.07, 6.45) is 1.66. The summed E-state index contributed by atoms with van der Waals surface area (Å²) in [7, 11) is 3.12. The summed E-state index contributed by atoms with van der Waals surface area (Å²) in [6, 6.07) is 13.2. The van der Waals surface area contributed by atoms with Crippen molar-refractivity contribution in [3.05, 3.63) is 101 Å². The number of benzene rings is 2. The molecule has 0 spiro atoms. The Bertz CT molecular complexity index is 1880. The van der Waals surface area contributed by atoms with Crippen LogP contribution < -0.4 is 24.4 Å².